The summed E-state index contributed by atoms with van der Waals surface area (Å²) in [6.45, 7) is 4.35. The van der Waals surface area contributed by atoms with E-state index in [4.69, 9.17) is 5.73 Å². The van der Waals surface area contributed by atoms with E-state index >= 15 is 0 Å². The molecule has 22 heavy (non-hydrogen) atoms. The Morgan fingerprint density at radius 1 is 1.00 bits per heavy atom. The van der Waals surface area contributed by atoms with Gasteiger partial charge in [-0.15, -0.1) is 0 Å². The van der Waals surface area contributed by atoms with Crippen LogP contribution < -0.4 is 5.73 Å². The first kappa shape index (κ1) is 14.4. The summed E-state index contributed by atoms with van der Waals surface area (Å²) in [7, 11) is 0. The lowest BCUT2D eigenvalue weighted by Crippen LogP contribution is -2.04. The number of aromatic nitrogens is 4. The fourth-order valence-electron chi connectivity index (χ4n) is 2.81. The summed E-state index contributed by atoms with van der Waals surface area (Å²) in [6, 6.07) is 3.75. The molecule has 0 radical (unpaired) electrons. The van der Waals surface area contributed by atoms with Crippen molar-refractivity contribution < 1.29 is 0 Å². The van der Waals surface area contributed by atoms with Crippen LogP contribution in [-0.2, 0) is 0 Å². The monoisotopic (exact) mass is 293 g/mol. The molecule has 0 unspecified atom stereocenters. The zero-order valence-electron chi connectivity index (χ0n) is 12.8. The van der Waals surface area contributed by atoms with Crippen molar-refractivity contribution in [3.8, 4) is 11.4 Å². The third kappa shape index (κ3) is 2.50. The molecule has 0 spiro atoms. The molecule has 3 heterocycles. The second-order valence-electron chi connectivity index (χ2n) is 5.30. The molecule has 0 aliphatic rings. The summed E-state index contributed by atoms with van der Waals surface area (Å²) in [5, 5.41) is 0.932. The predicted octanol–water partition coefficient (Wildman–Crippen LogP) is 3.57. The molecule has 0 atom stereocenters. The van der Waals surface area contributed by atoms with Crippen LogP contribution in [0.5, 0.6) is 0 Å². The van der Waals surface area contributed by atoms with Crippen molar-refractivity contribution in [1.82, 2.24) is 19.9 Å². The Bertz CT molecular complexity index is 782. The molecule has 0 aliphatic carbocycles. The highest BCUT2D eigenvalue weighted by Gasteiger charge is 2.16. The molecular weight excluding hydrogens is 274 g/mol. The van der Waals surface area contributed by atoms with Gasteiger partial charge >= 0.3 is 0 Å². The Balaban J connectivity index is 2.21. The van der Waals surface area contributed by atoms with Gasteiger partial charge < -0.3 is 5.73 Å². The summed E-state index contributed by atoms with van der Waals surface area (Å²) >= 11 is 0. The second kappa shape index (κ2) is 6.05. The summed E-state index contributed by atoms with van der Waals surface area (Å²) < 4.78 is 0. The molecule has 5 heteroatoms. The molecule has 5 nitrogen and oxygen atoms in total. The van der Waals surface area contributed by atoms with E-state index < -0.39 is 0 Å². The van der Waals surface area contributed by atoms with Crippen molar-refractivity contribution in [2.45, 2.75) is 32.6 Å². The maximum atomic E-state index is 6.25. The standard InChI is InChI=1S/C17H19N5/c1-3-11(4-2)13-9-20-10-14-15(13)16(18)22-17(21-14)12-5-7-19-8-6-12/h5-11H,3-4H2,1-2H3,(H2,18,21,22). The molecular formula is C17H19N5. The van der Waals surface area contributed by atoms with Crippen LogP contribution in [0, 0.1) is 0 Å². The van der Waals surface area contributed by atoms with Crippen LogP contribution in [0.2, 0.25) is 0 Å². The fourth-order valence-corrected chi connectivity index (χ4v) is 2.81. The van der Waals surface area contributed by atoms with Crippen molar-refractivity contribution in [1.29, 1.82) is 0 Å². The summed E-state index contributed by atoms with van der Waals surface area (Å²) in [4.78, 5) is 17.5. The average Bonchev–Trinajstić information content (AvgIpc) is 2.56. The van der Waals surface area contributed by atoms with Crippen LogP contribution in [0.3, 0.4) is 0 Å². The summed E-state index contributed by atoms with van der Waals surface area (Å²) in [6.07, 6.45) is 9.18. The molecule has 0 bridgehead atoms. The molecule has 0 saturated heterocycles. The zero-order chi connectivity index (χ0) is 15.5. The molecule has 3 aromatic rings. The van der Waals surface area contributed by atoms with Gasteiger partial charge in [0.1, 0.15) is 5.82 Å². The number of fused-ring (bicyclic) bond motifs is 1. The maximum Gasteiger partial charge on any atom is 0.162 e. The lowest BCUT2D eigenvalue weighted by atomic mass is 9.92. The molecule has 3 aromatic heterocycles. The van der Waals surface area contributed by atoms with Gasteiger partial charge in [-0.3, -0.25) is 9.97 Å². The number of nitrogens with zero attached hydrogens (tertiary/aromatic N) is 4. The van der Waals surface area contributed by atoms with Gasteiger partial charge in [-0.25, -0.2) is 9.97 Å². The average molecular weight is 293 g/mol. The minimum atomic E-state index is 0.425. The Labute approximate surface area is 129 Å². The van der Waals surface area contributed by atoms with Crippen molar-refractivity contribution in [3.63, 3.8) is 0 Å². The lowest BCUT2D eigenvalue weighted by molar-refractivity contribution is 0.644. The third-order valence-corrected chi connectivity index (χ3v) is 4.03. The highest BCUT2D eigenvalue weighted by molar-refractivity contribution is 5.92. The summed E-state index contributed by atoms with van der Waals surface area (Å²) in [5.41, 5.74) is 9.08. The zero-order valence-corrected chi connectivity index (χ0v) is 12.8. The van der Waals surface area contributed by atoms with Gasteiger partial charge in [0.25, 0.3) is 0 Å². The number of hydrogen-bond acceptors (Lipinski definition) is 5. The maximum absolute atomic E-state index is 6.25. The van der Waals surface area contributed by atoms with Crippen LogP contribution >= 0.6 is 0 Å². The third-order valence-electron chi connectivity index (χ3n) is 4.03. The van der Waals surface area contributed by atoms with Crippen LogP contribution in [0.25, 0.3) is 22.3 Å². The Morgan fingerprint density at radius 3 is 2.41 bits per heavy atom. The van der Waals surface area contributed by atoms with Crippen molar-refractivity contribution in [3.05, 3.63) is 42.5 Å². The van der Waals surface area contributed by atoms with Gasteiger partial charge in [0.2, 0.25) is 0 Å². The Morgan fingerprint density at radius 2 is 1.73 bits per heavy atom. The van der Waals surface area contributed by atoms with E-state index in [2.05, 4.69) is 33.8 Å². The first-order valence-electron chi connectivity index (χ1n) is 7.56. The smallest absolute Gasteiger partial charge is 0.162 e. The Hall–Kier alpha value is -2.56. The van der Waals surface area contributed by atoms with E-state index in [0.29, 0.717) is 17.6 Å². The number of pyridine rings is 2. The van der Waals surface area contributed by atoms with Crippen molar-refractivity contribution in [2.75, 3.05) is 5.73 Å². The van der Waals surface area contributed by atoms with E-state index in [-0.39, 0.29) is 0 Å². The molecule has 0 aliphatic heterocycles. The van der Waals surface area contributed by atoms with Crippen molar-refractivity contribution in [2.24, 2.45) is 0 Å². The number of anilines is 1. The molecule has 0 fully saturated rings. The second-order valence-corrected chi connectivity index (χ2v) is 5.30. The van der Waals surface area contributed by atoms with E-state index in [1.54, 1.807) is 18.6 Å². The van der Waals surface area contributed by atoms with E-state index in [1.165, 1.54) is 0 Å². The van der Waals surface area contributed by atoms with Crippen molar-refractivity contribution >= 4 is 16.7 Å². The largest absolute Gasteiger partial charge is 0.383 e. The van der Waals surface area contributed by atoms with E-state index in [0.717, 1.165) is 34.9 Å². The SMILES string of the molecule is CCC(CC)c1cncc2nc(-c3ccncc3)nc(N)c12. The van der Waals surface area contributed by atoms with Crippen LogP contribution in [0.15, 0.2) is 36.9 Å². The molecule has 0 aromatic carbocycles. The topological polar surface area (TPSA) is 77.6 Å². The van der Waals surface area contributed by atoms with Gasteiger partial charge in [0.15, 0.2) is 5.82 Å². The molecule has 0 saturated carbocycles. The molecule has 2 N–H and O–H groups in total. The molecule has 112 valence electrons. The minimum absolute atomic E-state index is 0.425. The fraction of sp³-hybridized carbons (Fsp3) is 0.294. The first-order chi connectivity index (χ1) is 10.7. The number of nitrogens with two attached hydrogens (primary N) is 1. The number of hydrogen-bond donors (Lipinski definition) is 1. The number of nitrogen functional groups attached to an aromatic ring is 1. The summed E-state index contributed by atoms with van der Waals surface area (Å²) in [5.74, 6) is 1.55. The van der Waals surface area contributed by atoms with E-state index in [1.807, 2.05) is 18.3 Å². The number of rotatable bonds is 4. The Kier molecular flexibility index (Phi) is 3.96. The van der Waals surface area contributed by atoms with Gasteiger partial charge in [-0.2, -0.15) is 0 Å². The normalized spacial score (nSPS) is 11.2. The van der Waals surface area contributed by atoms with E-state index in [9.17, 15) is 0 Å². The lowest BCUT2D eigenvalue weighted by Gasteiger charge is -2.16. The minimum Gasteiger partial charge on any atom is -0.383 e. The van der Waals surface area contributed by atoms with Gasteiger partial charge in [-0.05, 0) is 36.5 Å². The highest BCUT2D eigenvalue weighted by Crippen LogP contribution is 2.32. The van der Waals surface area contributed by atoms with Crippen LogP contribution in [-0.4, -0.2) is 19.9 Å². The van der Waals surface area contributed by atoms with Gasteiger partial charge in [-0.1, -0.05) is 13.8 Å². The van der Waals surface area contributed by atoms with Gasteiger partial charge in [0.05, 0.1) is 11.7 Å². The first-order valence-corrected chi connectivity index (χ1v) is 7.56. The van der Waals surface area contributed by atoms with Crippen LogP contribution in [0.4, 0.5) is 5.82 Å². The highest BCUT2D eigenvalue weighted by atomic mass is 15.0. The molecule has 0 amide bonds. The predicted molar refractivity (Wildman–Crippen MR) is 88.3 cm³/mol. The van der Waals surface area contributed by atoms with Gasteiger partial charge in [0, 0.05) is 29.5 Å². The van der Waals surface area contributed by atoms with Crippen LogP contribution in [0.1, 0.15) is 38.2 Å². The molecule has 3 rings (SSSR count). The quantitative estimate of drug-likeness (QED) is 0.795.